The lowest BCUT2D eigenvalue weighted by molar-refractivity contribution is 0.296. The van der Waals surface area contributed by atoms with E-state index in [1.807, 2.05) is 65.1 Å². The fourth-order valence-corrected chi connectivity index (χ4v) is 2.78. The molecule has 1 unspecified atom stereocenters. The van der Waals surface area contributed by atoms with Crippen LogP contribution in [0.1, 0.15) is 32.4 Å². The van der Waals surface area contributed by atoms with Crippen LogP contribution in [0.15, 0.2) is 47.8 Å². The maximum Gasteiger partial charge on any atom is 0.153 e. The maximum absolute atomic E-state index is 14.7. The summed E-state index contributed by atoms with van der Waals surface area (Å²) in [4.78, 5) is 4.76. The van der Waals surface area contributed by atoms with E-state index in [0.717, 1.165) is 17.7 Å². The average Bonchev–Trinajstić information content (AvgIpc) is 3.01. The zero-order chi connectivity index (χ0) is 19.8. The van der Waals surface area contributed by atoms with Crippen LogP contribution in [-0.2, 0) is 0 Å². The minimum atomic E-state index is -0.317. The van der Waals surface area contributed by atoms with Crippen molar-refractivity contribution < 1.29 is 9.13 Å². The molecule has 2 aromatic rings. The van der Waals surface area contributed by atoms with Crippen LogP contribution < -0.4 is 10.2 Å². The molecule has 1 aliphatic rings. The Labute approximate surface area is 161 Å². The second-order valence-corrected chi connectivity index (χ2v) is 8.05. The summed E-state index contributed by atoms with van der Waals surface area (Å²) in [6.45, 7) is 10.8. The van der Waals surface area contributed by atoms with E-state index in [1.54, 1.807) is 6.07 Å². The third kappa shape index (κ3) is 4.21. The van der Waals surface area contributed by atoms with Crippen LogP contribution in [0.4, 0.5) is 4.39 Å². The van der Waals surface area contributed by atoms with E-state index in [-0.39, 0.29) is 17.2 Å². The Balaban J connectivity index is 2.07. The van der Waals surface area contributed by atoms with Crippen LogP contribution in [0.5, 0.6) is 5.75 Å². The highest BCUT2D eigenvalue weighted by Crippen LogP contribution is 2.35. The first kappa shape index (κ1) is 19.1. The van der Waals surface area contributed by atoms with Crippen molar-refractivity contribution in [1.29, 1.82) is 0 Å². The molecule has 0 saturated heterocycles. The van der Waals surface area contributed by atoms with Gasteiger partial charge in [0.2, 0.25) is 0 Å². The number of likely N-dealkylation sites (N-methyl/N-ethyl adjacent to an activating group) is 1. The molecule has 0 aliphatic carbocycles. The Kier molecular flexibility index (Phi) is 5.09. The van der Waals surface area contributed by atoms with Crippen molar-refractivity contribution >= 4 is 19.5 Å². The Bertz CT molecular complexity index is 905. The van der Waals surface area contributed by atoms with Crippen LogP contribution in [0.3, 0.4) is 0 Å². The molecule has 0 spiro atoms. The number of rotatable bonds is 4. The summed E-state index contributed by atoms with van der Waals surface area (Å²) in [6.07, 6.45) is 1.87. The van der Waals surface area contributed by atoms with Crippen LogP contribution in [0.2, 0.25) is 0 Å². The highest BCUT2D eigenvalue weighted by Gasteiger charge is 2.24. The van der Waals surface area contributed by atoms with Gasteiger partial charge in [0, 0.05) is 30.8 Å². The first-order chi connectivity index (χ1) is 12.6. The Morgan fingerprint density at radius 1 is 1.30 bits per heavy atom. The first-order valence-corrected chi connectivity index (χ1v) is 9.05. The van der Waals surface area contributed by atoms with Gasteiger partial charge in [-0.3, -0.25) is 5.01 Å². The van der Waals surface area contributed by atoms with E-state index in [0.29, 0.717) is 22.8 Å². The minimum Gasteiger partial charge on any atom is -0.459 e. The number of allylic oxidation sites excluding steroid dienone is 1. The summed E-state index contributed by atoms with van der Waals surface area (Å²) in [5.41, 5.74) is 2.37. The van der Waals surface area contributed by atoms with Gasteiger partial charge in [-0.2, -0.15) is 5.10 Å². The predicted octanol–water partition coefficient (Wildman–Crippen LogP) is 3.10. The number of ether oxygens (including phenoxy) is 1. The molecule has 6 heteroatoms. The number of hydrazone groups is 1. The van der Waals surface area contributed by atoms with Gasteiger partial charge in [0.15, 0.2) is 5.75 Å². The molecule has 1 aromatic carbocycles. The van der Waals surface area contributed by atoms with E-state index in [1.165, 1.54) is 6.07 Å². The summed E-state index contributed by atoms with van der Waals surface area (Å²) < 4.78 is 20.7. The quantitative estimate of drug-likeness (QED) is 0.617. The molecule has 27 heavy (non-hydrogen) atoms. The van der Waals surface area contributed by atoms with Crippen molar-refractivity contribution in [2.24, 2.45) is 10.5 Å². The van der Waals surface area contributed by atoms with Gasteiger partial charge in [-0.05, 0) is 18.2 Å². The second-order valence-electron chi connectivity index (χ2n) is 8.05. The molecule has 0 N–H and O–H groups in total. The molecule has 140 valence electrons. The molecule has 2 heterocycles. The molecular formula is C21H25BFN3O. The van der Waals surface area contributed by atoms with Gasteiger partial charge in [0.25, 0.3) is 0 Å². The van der Waals surface area contributed by atoms with E-state index >= 15 is 0 Å². The van der Waals surface area contributed by atoms with Crippen molar-refractivity contribution in [3.05, 3.63) is 54.2 Å². The molecule has 1 aromatic heterocycles. The Morgan fingerprint density at radius 3 is 2.63 bits per heavy atom. The highest BCUT2D eigenvalue weighted by atomic mass is 19.1. The standard InChI is InChI=1S/C21H25BFN3O/c1-13(21(2,3)4)27-19-9-8-18(14-11-24-26(5)12-14)25-20(19)16-7-6-15(22)10-17(16)23/h6-11,14H,1,12,22H2,2-5H3. The monoisotopic (exact) mass is 365 g/mol. The fraction of sp³-hybridized carbons (Fsp3) is 0.333. The number of nitrogens with zero attached hydrogens (tertiary/aromatic N) is 3. The Morgan fingerprint density at radius 2 is 2.04 bits per heavy atom. The Hall–Kier alpha value is -2.63. The van der Waals surface area contributed by atoms with Crippen molar-refractivity contribution in [3.63, 3.8) is 0 Å². The molecule has 1 aliphatic heterocycles. The number of hydrogen-bond acceptors (Lipinski definition) is 4. The fourth-order valence-electron chi connectivity index (χ4n) is 2.78. The lowest BCUT2D eigenvalue weighted by Crippen LogP contribution is -2.16. The summed E-state index contributed by atoms with van der Waals surface area (Å²) in [5.74, 6) is 0.864. The SMILES string of the molecule is Bc1ccc(-c2nc(C3C=NN(C)C3)ccc2OC(=C)C(C)(C)C)c(F)c1. The van der Waals surface area contributed by atoms with Gasteiger partial charge in [0.05, 0.1) is 11.6 Å². The molecular weight excluding hydrogens is 340 g/mol. The van der Waals surface area contributed by atoms with Crippen LogP contribution in [0.25, 0.3) is 11.3 Å². The van der Waals surface area contributed by atoms with Gasteiger partial charge < -0.3 is 4.74 Å². The van der Waals surface area contributed by atoms with Gasteiger partial charge in [0.1, 0.15) is 25.1 Å². The molecule has 0 saturated carbocycles. The number of pyridine rings is 1. The van der Waals surface area contributed by atoms with Crippen LogP contribution in [0, 0.1) is 11.2 Å². The largest absolute Gasteiger partial charge is 0.459 e. The lowest BCUT2D eigenvalue weighted by Gasteiger charge is -2.23. The normalized spacial score (nSPS) is 16.6. The number of benzene rings is 1. The van der Waals surface area contributed by atoms with Crippen molar-refractivity contribution in [2.75, 3.05) is 13.6 Å². The molecule has 0 fully saturated rings. The second kappa shape index (κ2) is 7.18. The van der Waals surface area contributed by atoms with E-state index in [9.17, 15) is 4.39 Å². The third-order valence-electron chi connectivity index (χ3n) is 4.61. The zero-order valence-electron chi connectivity index (χ0n) is 16.6. The average molecular weight is 365 g/mol. The molecule has 0 radical (unpaired) electrons. The zero-order valence-corrected chi connectivity index (χ0v) is 16.6. The molecule has 4 nitrogen and oxygen atoms in total. The van der Waals surface area contributed by atoms with Crippen LogP contribution >= 0.6 is 0 Å². The van der Waals surface area contributed by atoms with Crippen molar-refractivity contribution in [2.45, 2.75) is 26.7 Å². The number of aromatic nitrogens is 1. The summed E-state index contributed by atoms with van der Waals surface area (Å²) >= 11 is 0. The van der Waals surface area contributed by atoms with E-state index < -0.39 is 0 Å². The topological polar surface area (TPSA) is 37.7 Å². The van der Waals surface area contributed by atoms with Crippen LogP contribution in [-0.4, -0.2) is 37.6 Å². The van der Waals surface area contributed by atoms with Gasteiger partial charge >= 0.3 is 0 Å². The van der Waals surface area contributed by atoms with E-state index in [4.69, 9.17) is 9.72 Å². The summed E-state index contributed by atoms with van der Waals surface area (Å²) in [5, 5.41) is 6.14. The molecule has 0 amide bonds. The molecule has 0 bridgehead atoms. The van der Waals surface area contributed by atoms with Gasteiger partial charge in [-0.25, -0.2) is 9.37 Å². The van der Waals surface area contributed by atoms with E-state index in [2.05, 4.69) is 11.7 Å². The predicted molar refractivity (Wildman–Crippen MR) is 111 cm³/mol. The minimum absolute atomic E-state index is 0.0714. The smallest absolute Gasteiger partial charge is 0.153 e. The first-order valence-electron chi connectivity index (χ1n) is 9.05. The van der Waals surface area contributed by atoms with Gasteiger partial charge in [-0.15, -0.1) is 0 Å². The highest BCUT2D eigenvalue weighted by molar-refractivity contribution is 6.32. The summed E-state index contributed by atoms with van der Waals surface area (Å²) in [7, 11) is 3.78. The number of hydrogen-bond donors (Lipinski definition) is 0. The molecule has 1 atom stereocenters. The van der Waals surface area contributed by atoms with Crippen molar-refractivity contribution in [1.82, 2.24) is 9.99 Å². The van der Waals surface area contributed by atoms with Crippen molar-refractivity contribution in [3.8, 4) is 17.0 Å². The summed E-state index contributed by atoms with van der Waals surface area (Å²) in [6, 6.07) is 8.89. The third-order valence-corrected chi connectivity index (χ3v) is 4.61. The maximum atomic E-state index is 14.7. The molecule has 3 rings (SSSR count). The number of halogens is 1. The lowest BCUT2D eigenvalue weighted by atomic mass is 9.93. The van der Waals surface area contributed by atoms with Gasteiger partial charge in [-0.1, -0.05) is 44.9 Å².